The number of rotatable bonds is 4. The van der Waals surface area contributed by atoms with Crippen LogP contribution < -0.4 is 11.0 Å². The predicted octanol–water partition coefficient (Wildman–Crippen LogP) is 1.43. The highest BCUT2D eigenvalue weighted by Gasteiger charge is 2.14. The van der Waals surface area contributed by atoms with Gasteiger partial charge >= 0.3 is 5.69 Å². The summed E-state index contributed by atoms with van der Waals surface area (Å²) in [6, 6.07) is 9.74. The van der Waals surface area contributed by atoms with Crippen LogP contribution in [0.2, 0.25) is 0 Å². The molecule has 0 radical (unpaired) electrons. The molecule has 0 aliphatic heterocycles. The van der Waals surface area contributed by atoms with E-state index in [0.717, 1.165) is 16.5 Å². The van der Waals surface area contributed by atoms with Gasteiger partial charge in [0, 0.05) is 19.8 Å². The van der Waals surface area contributed by atoms with Gasteiger partial charge in [-0.25, -0.2) is 13.9 Å². The van der Waals surface area contributed by atoms with Crippen LogP contribution in [0.4, 0.5) is 0 Å². The molecule has 4 aromatic rings. The molecule has 4 rings (SSSR count). The van der Waals surface area contributed by atoms with Gasteiger partial charge in [-0.15, -0.1) is 5.10 Å². The van der Waals surface area contributed by atoms with E-state index in [1.807, 2.05) is 37.3 Å². The van der Waals surface area contributed by atoms with Gasteiger partial charge < -0.3 is 5.32 Å². The molecular weight excluding hydrogens is 344 g/mol. The average Bonchev–Trinajstić information content (AvgIpc) is 3.15. The van der Waals surface area contributed by atoms with E-state index < -0.39 is 0 Å². The Labute approximate surface area is 155 Å². The van der Waals surface area contributed by atoms with Crippen molar-refractivity contribution in [1.82, 2.24) is 29.3 Å². The van der Waals surface area contributed by atoms with Crippen molar-refractivity contribution in [3.63, 3.8) is 0 Å². The molecule has 0 saturated carbocycles. The minimum absolute atomic E-state index is 0.209. The lowest BCUT2D eigenvalue weighted by atomic mass is 10.1. The number of nitrogens with zero attached hydrogens (tertiary/aromatic N) is 5. The molecule has 1 aromatic carbocycles. The zero-order valence-electron chi connectivity index (χ0n) is 15.4. The first-order valence-electron chi connectivity index (χ1n) is 8.72. The summed E-state index contributed by atoms with van der Waals surface area (Å²) in [7, 11) is 1.77. The van der Waals surface area contributed by atoms with E-state index >= 15 is 0 Å². The van der Waals surface area contributed by atoms with E-state index in [1.54, 1.807) is 29.3 Å². The topological polar surface area (TPSA) is 86.2 Å². The van der Waals surface area contributed by atoms with Gasteiger partial charge in [0.1, 0.15) is 0 Å². The van der Waals surface area contributed by atoms with Crippen molar-refractivity contribution in [2.24, 2.45) is 7.05 Å². The number of hydrogen-bond donors (Lipinski definition) is 1. The minimum atomic E-state index is -0.211. The molecule has 1 N–H and O–H groups in total. The number of benzene rings is 1. The molecule has 0 bridgehead atoms. The van der Waals surface area contributed by atoms with Gasteiger partial charge in [-0.05, 0) is 36.9 Å². The lowest BCUT2D eigenvalue weighted by Gasteiger charge is -2.03. The van der Waals surface area contributed by atoms with Gasteiger partial charge in [-0.3, -0.25) is 9.48 Å². The summed E-state index contributed by atoms with van der Waals surface area (Å²) in [5.74, 6) is -0.209. The zero-order valence-corrected chi connectivity index (χ0v) is 15.4. The average molecular weight is 364 g/mol. The Balaban J connectivity index is 1.60. The highest BCUT2D eigenvalue weighted by atomic mass is 16.2. The number of pyridine rings is 1. The molecule has 0 aliphatic carbocycles. The summed E-state index contributed by atoms with van der Waals surface area (Å²) < 4.78 is 4.62. The van der Waals surface area contributed by atoms with Crippen LogP contribution in [-0.4, -0.2) is 36.4 Å². The Kier molecular flexibility index (Phi) is 4.02. The molecule has 8 heteroatoms. The molecule has 0 unspecified atom stereocenters. The maximum atomic E-state index is 12.8. The summed E-state index contributed by atoms with van der Waals surface area (Å²) in [4.78, 5) is 25.1. The number of fused-ring (bicyclic) bond motifs is 3. The van der Waals surface area contributed by atoms with E-state index in [9.17, 15) is 9.59 Å². The lowest BCUT2D eigenvalue weighted by molar-refractivity contribution is 0.0951. The first kappa shape index (κ1) is 17.0. The van der Waals surface area contributed by atoms with Gasteiger partial charge in [-0.1, -0.05) is 18.2 Å². The molecule has 0 fully saturated rings. The Hall–Kier alpha value is -3.42. The van der Waals surface area contributed by atoms with Crippen LogP contribution in [0.25, 0.3) is 16.6 Å². The number of aromatic nitrogens is 5. The highest BCUT2D eigenvalue weighted by Crippen LogP contribution is 2.17. The summed E-state index contributed by atoms with van der Waals surface area (Å²) in [5.41, 5.74) is 3.37. The number of hydrogen-bond acceptors (Lipinski definition) is 4. The van der Waals surface area contributed by atoms with Gasteiger partial charge in [0.25, 0.3) is 5.91 Å². The number of aryl methyl sites for hydroxylation is 3. The van der Waals surface area contributed by atoms with Crippen LogP contribution >= 0.6 is 0 Å². The second-order valence-corrected chi connectivity index (χ2v) is 6.61. The third kappa shape index (κ3) is 2.88. The summed E-state index contributed by atoms with van der Waals surface area (Å²) in [6.45, 7) is 4.31. The van der Waals surface area contributed by atoms with Crippen molar-refractivity contribution in [2.45, 2.75) is 20.4 Å². The number of nitrogens with one attached hydrogen (secondary N) is 1. The number of para-hydroxylation sites is 1. The first-order chi connectivity index (χ1) is 13.0. The number of amides is 1. The van der Waals surface area contributed by atoms with Gasteiger partial charge in [-0.2, -0.15) is 5.10 Å². The molecule has 3 aromatic heterocycles. The Bertz CT molecular complexity index is 1230. The fourth-order valence-electron chi connectivity index (χ4n) is 3.33. The standard InChI is InChI=1S/C19H20N6O2/c1-12-10-14-6-4-5-7-16(14)25-17(12)22-24(19(25)27)9-8-20-18(26)15-11-23(3)21-13(15)2/h4-7,10-11H,8-9H2,1-3H3,(H,20,26). The van der Waals surface area contributed by atoms with Crippen molar-refractivity contribution in [1.29, 1.82) is 0 Å². The molecule has 3 heterocycles. The molecule has 0 spiro atoms. The van der Waals surface area contributed by atoms with E-state index in [0.29, 0.717) is 30.0 Å². The molecule has 0 aliphatic rings. The predicted molar refractivity (Wildman–Crippen MR) is 102 cm³/mol. The molecule has 27 heavy (non-hydrogen) atoms. The SMILES string of the molecule is Cc1nn(C)cc1C(=O)NCCn1nc2c(C)cc3ccccc3n2c1=O. The van der Waals surface area contributed by atoms with E-state index in [1.165, 1.54) is 4.68 Å². The highest BCUT2D eigenvalue weighted by molar-refractivity contribution is 5.94. The molecule has 138 valence electrons. The summed E-state index contributed by atoms with van der Waals surface area (Å²) in [5, 5.41) is 12.4. The van der Waals surface area contributed by atoms with Crippen LogP contribution in [0.15, 0.2) is 41.3 Å². The third-order valence-corrected chi connectivity index (χ3v) is 4.61. The van der Waals surface area contributed by atoms with Crippen molar-refractivity contribution >= 4 is 22.5 Å². The molecular formula is C19H20N6O2. The monoisotopic (exact) mass is 364 g/mol. The van der Waals surface area contributed by atoms with Crippen LogP contribution in [0, 0.1) is 13.8 Å². The van der Waals surface area contributed by atoms with Crippen LogP contribution in [0.1, 0.15) is 21.6 Å². The largest absolute Gasteiger partial charge is 0.350 e. The van der Waals surface area contributed by atoms with E-state index in [4.69, 9.17) is 0 Å². The van der Waals surface area contributed by atoms with Crippen molar-refractivity contribution < 1.29 is 4.79 Å². The fourth-order valence-corrected chi connectivity index (χ4v) is 3.33. The Morgan fingerprint density at radius 2 is 1.96 bits per heavy atom. The summed E-state index contributed by atoms with van der Waals surface area (Å²) in [6.07, 6.45) is 1.68. The lowest BCUT2D eigenvalue weighted by Crippen LogP contribution is -2.31. The molecule has 0 saturated heterocycles. The van der Waals surface area contributed by atoms with Crippen molar-refractivity contribution in [3.8, 4) is 0 Å². The molecule has 8 nitrogen and oxygen atoms in total. The Morgan fingerprint density at radius 1 is 1.19 bits per heavy atom. The number of carbonyl (C=O) groups excluding carboxylic acids is 1. The van der Waals surface area contributed by atoms with Crippen LogP contribution in [0.3, 0.4) is 0 Å². The van der Waals surface area contributed by atoms with E-state index in [-0.39, 0.29) is 11.6 Å². The van der Waals surface area contributed by atoms with Crippen molar-refractivity contribution in [2.75, 3.05) is 6.54 Å². The molecule has 0 atom stereocenters. The fraction of sp³-hybridized carbons (Fsp3) is 0.263. The van der Waals surface area contributed by atoms with Crippen molar-refractivity contribution in [3.05, 3.63) is 63.8 Å². The Morgan fingerprint density at radius 3 is 2.70 bits per heavy atom. The second kappa shape index (κ2) is 6.39. The normalized spacial score (nSPS) is 11.4. The number of carbonyl (C=O) groups is 1. The van der Waals surface area contributed by atoms with Crippen LogP contribution in [0.5, 0.6) is 0 Å². The maximum absolute atomic E-state index is 12.8. The smallest absolute Gasteiger partial charge is 0.350 e. The second-order valence-electron chi connectivity index (χ2n) is 6.61. The van der Waals surface area contributed by atoms with E-state index in [2.05, 4.69) is 15.5 Å². The maximum Gasteiger partial charge on any atom is 0.350 e. The summed E-state index contributed by atoms with van der Waals surface area (Å²) >= 11 is 0. The van der Waals surface area contributed by atoms with Gasteiger partial charge in [0.2, 0.25) is 0 Å². The third-order valence-electron chi connectivity index (χ3n) is 4.61. The van der Waals surface area contributed by atoms with Gasteiger partial charge in [0.15, 0.2) is 5.65 Å². The first-order valence-corrected chi connectivity index (χ1v) is 8.72. The van der Waals surface area contributed by atoms with Crippen LogP contribution in [-0.2, 0) is 13.6 Å². The molecule has 1 amide bonds. The minimum Gasteiger partial charge on any atom is -0.350 e. The zero-order chi connectivity index (χ0) is 19.1. The van der Waals surface area contributed by atoms with Gasteiger partial charge in [0.05, 0.1) is 23.3 Å². The quantitative estimate of drug-likeness (QED) is 0.594.